The Bertz CT molecular complexity index is 476. The van der Waals surface area contributed by atoms with Crippen molar-refractivity contribution in [2.45, 2.75) is 50.7 Å². The lowest BCUT2D eigenvalue weighted by atomic mass is 9.85. The number of hydrogen-bond donors (Lipinski definition) is 1. The van der Waals surface area contributed by atoms with E-state index in [0.717, 1.165) is 16.8 Å². The molecule has 1 saturated carbocycles. The van der Waals surface area contributed by atoms with E-state index in [0.29, 0.717) is 12.0 Å². The molecular formula is C14H18BrNO2S. The Morgan fingerprint density at radius 1 is 1.42 bits per heavy atom. The number of hydrogen-bond acceptors (Lipinski definition) is 3. The molecule has 3 atom stereocenters. The van der Waals surface area contributed by atoms with Crippen LogP contribution in [0.2, 0.25) is 0 Å². The highest BCUT2D eigenvalue weighted by Crippen LogP contribution is 2.41. The van der Waals surface area contributed by atoms with Crippen LogP contribution in [0.3, 0.4) is 0 Å². The van der Waals surface area contributed by atoms with Gasteiger partial charge in [-0.15, -0.1) is 11.3 Å². The summed E-state index contributed by atoms with van der Waals surface area (Å²) >= 11 is 5.19. The highest BCUT2D eigenvalue weighted by atomic mass is 79.9. The first-order chi connectivity index (χ1) is 9.15. The van der Waals surface area contributed by atoms with E-state index in [9.17, 15) is 9.90 Å². The summed E-state index contributed by atoms with van der Waals surface area (Å²) in [6.45, 7) is 0.786. The van der Waals surface area contributed by atoms with Crippen LogP contribution in [0.15, 0.2) is 15.9 Å². The summed E-state index contributed by atoms with van der Waals surface area (Å²) in [5.41, 5.74) is 0. The molecule has 0 spiro atoms. The standard InChI is InChI=1S/C14H18BrNO2S/c15-13-6-5-10(19-13)8-16-11-4-2-1-3-9(11)7-12(16)14(17)18/h5-6,9,11-12H,1-4,7-8H2,(H,17,18)/t9-,11-,12-/m0/s1. The third-order valence-corrected chi connectivity index (χ3v) is 6.08. The number of carboxylic acids is 1. The van der Waals surface area contributed by atoms with Crippen LogP contribution in [0, 0.1) is 5.92 Å². The molecule has 2 heterocycles. The van der Waals surface area contributed by atoms with E-state index >= 15 is 0 Å². The number of carboxylic acid groups (broad SMARTS) is 1. The summed E-state index contributed by atoms with van der Waals surface area (Å²) in [6.07, 6.45) is 5.73. The first kappa shape index (κ1) is 13.6. The van der Waals surface area contributed by atoms with E-state index in [1.807, 2.05) is 6.07 Å². The zero-order valence-electron chi connectivity index (χ0n) is 10.7. The normalized spacial score (nSPS) is 31.3. The maximum absolute atomic E-state index is 11.5. The van der Waals surface area contributed by atoms with Crippen molar-refractivity contribution >= 4 is 33.2 Å². The Morgan fingerprint density at radius 2 is 2.21 bits per heavy atom. The molecule has 3 nitrogen and oxygen atoms in total. The van der Waals surface area contributed by atoms with Crippen LogP contribution in [0.25, 0.3) is 0 Å². The van der Waals surface area contributed by atoms with Gasteiger partial charge in [0.05, 0.1) is 3.79 Å². The lowest BCUT2D eigenvalue weighted by molar-refractivity contribution is -0.142. The molecule has 19 heavy (non-hydrogen) atoms. The van der Waals surface area contributed by atoms with Crippen LogP contribution >= 0.6 is 27.3 Å². The summed E-state index contributed by atoms with van der Waals surface area (Å²) in [7, 11) is 0. The molecular weight excluding hydrogens is 326 g/mol. The number of halogens is 1. The molecule has 1 aliphatic carbocycles. The van der Waals surface area contributed by atoms with E-state index in [-0.39, 0.29) is 6.04 Å². The van der Waals surface area contributed by atoms with Crippen LogP contribution < -0.4 is 0 Å². The first-order valence-electron chi connectivity index (χ1n) is 6.88. The van der Waals surface area contributed by atoms with Gasteiger partial charge in [0.1, 0.15) is 6.04 Å². The number of rotatable bonds is 3. The Balaban J connectivity index is 1.80. The molecule has 2 fully saturated rings. The average molecular weight is 344 g/mol. The van der Waals surface area contributed by atoms with Gasteiger partial charge in [-0.2, -0.15) is 0 Å². The van der Waals surface area contributed by atoms with Crippen molar-refractivity contribution < 1.29 is 9.90 Å². The topological polar surface area (TPSA) is 40.5 Å². The fraction of sp³-hybridized carbons (Fsp3) is 0.643. The van der Waals surface area contributed by atoms with Crippen LogP contribution in [-0.2, 0) is 11.3 Å². The van der Waals surface area contributed by atoms with Crippen molar-refractivity contribution in [3.05, 3.63) is 20.8 Å². The smallest absolute Gasteiger partial charge is 0.320 e. The van der Waals surface area contributed by atoms with Crippen molar-refractivity contribution in [2.75, 3.05) is 0 Å². The van der Waals surface area contributed by atoms with Crippen molar-refractivity contribution in [2.24, 2.45) is 5.92 Å². The molecule has 1 aliphatic heterocycles. The maximum atomic E-state index is 11.5. The highest BCUT2D eigenvalue weighted by molar-refractivity contribution is 9.11. The fourth-order valence-corrected chi connectivity index (χ4v) is 5.13. The molecule has 0 radical (unpaired) electrons. The molecule has 1 aromatic rings. The second-order valence-electron chi connectivity index (χ2n) is 5.58. The van der Waals surface area contributed by atoms with E-state index in [1.54, 1.807) is 11.3 Å². The number of carbonyl (C=O) groups is 1. The molecule has 0 aromatic carbocycles. The Kier molecular flexibility index (Phi) is 3.96. The van der Waals surface area contributed by atoms with Crippen LogP contribution in [-0.4, -0.2) is 28.1 Å². The molecule has 0 amide bonds. The highest BCUT2D eigenvalue weighted by Gasteiger charge is 2.45. The third kappa shape index (κ3) is 2.73. The van der Waals surface area contributed by atoms with Gasteiger partial charge < -0.3 is 5.11 Å². The number of aliphatic carboxylic acids is 1. The van der Waals surface area contributed by atoms with E-state index < -0.39 is 5.97 Å². The zero-order chi connectivity index (χ0) is 13.4. The Labute approximate surface area is 125 Å². The van der Waals surface area contributed by atoms with Gasteiger partial charge in [-0.1, -0.05) is 12.8 Å². The van der Waals surface area contributed by atoms with Crippen molar-refractivity contribution in [1.29, 1.82) is 0 Å². The molecule has 1 saturated heterocycles. The van der Waals surface area contributed by atoms with Gasteiger partial charge in [-0.05, 0) is 53.2 Å². The van der Waals surface area contributed by atoms with Crippen LogP contribution in [0.5, 0.6) is 0 Å². The molecule has 1 N–H and O–H groups in total. The first-order valence-corrected chi connectivity index (χ1v) is 8.49. The molecule has 0 bridgehead atoms. The average Bonchev–Trinajstić information content (AvgIpc) is 2.95. The maximum Gasteiger partial charge on any atom is 0.320 e. The fourth-order valence-electron chi connectivity index (χ4n) is 3.64. The predicted molar refractivity (Wildman–Crippen MR) is 79.3 cm³/mol. The van der Waals surface area contributed by atoms with Crippen LogP contribution in [0.4, 0.5) is 0 Å². The van der Waals surface area contributed by atoms with E-state index in [1.165, 1.54) is 30.6 Å². The van der Waals surface area contributed by atoms with Gasteiger partial charge in [0.2, 0.25) is 0 Å². The summed E-state index contributed by atoms with van der Waals surface area (Å²) in [4.78, 5) is 15.0. The number of likely N-dealkylation sites (tertiary alicyclic amines) is 1. The third-order valence-electron chi connectivity index (χ3n) is 4.47. The lowest BCUT2D eigenvalue weighted by Gasteiger charge is -2.32. The number of nitrogens with zero attached hydrogens (tertiary/aromatic N) is 1. The van der Waals surface area contributed by atoms with Gasteiger partial charge in [0.25, 0.3) is 0 Å². The zero-order valence-corrected chi connectivity index (χ0v) is 13.1. The molecule has 0 unspecified atom stereocenters. The predicted octanol–water partition coefficient (Wildman–Crippen LogP) is 3.73. The second kappa shape index (κ2) is 5.54. The van der Waals surface area contributed by atoms with Gasteiger partial charge in [0.15, 0.2) is 0 Å². The molecule has 2 aliphatic rings. The molecule has 104 valence electrons. The lowest BCUT2D eigenvalue weighted by Crippen LogP contribution is -2.41. The monoisotopic (exact) mass is 343 g/mol. The Morgan fingerprint density at radius 3 is 2.89 bits per heavy atom. The minimum absolute atomic E-state index is 0.283. The summed E-state index contributed by atoms with van der Waals surface area (Å²) < 4.78 is 1.12. The summed E-state index contributed by atoms with van der Waals surface area (Å²) in [5, 5.41) is 9.47. The minimum atomic E-state index is -0.648. The molecule has 3 rings (SSSR count). The number of thiophene rings is 1. The Hall–Kier alpha value is -0.390. The van der Waals surface area contributed by atoms with Crippen LogP contribution in [0.1, 0.15) is 37.0 Å². The van der Waals surface area contributed by atoms with Crippen molar-refractivity contribution in [3.63, 3.8) is 0 Å². The van der Waals surface area contributed by atoms with Gasteiger partial charge >= 0.3 is 5.97 Å². The summed E-state index contributed by atoms with van der Waals surface area (Å²) in [6, 6.07) is 4.35. The quantitative estimate of drug-likeness (QED) is 0.908. The van der Waals surface area contributed by atoms with Gasteiger partial charge in [0, 0.05) is 17.5 Å². The van der Waals surface area contributed by atoms with E-state index in [4.69, 9.17) is 0 Å². The largest absolute Gasteiger partial charge is 0.480 e. The minimum Gasteiger partial charge on any atom is -0.480 e. The van der Waals surface area contributed by atoms with E-state index in [2.05, 4.69) is 26.9 Å². The van der Waals surface area contributed by atoms with Crippen molar-refractivity contribution in [3.8, 4) is 0 Å². The van der Waals surface area contributed by atoms with Gasteiger partial charge in [-0.25, -0.2) is 0 Å². The molecule has 5 heteroatoms. The number of fused-ring (bicyclic) bond motifs is 1. The molecule has 1 aromatic heterocycles. The van der Waals surface area contributed by atoms with Gasteiger partial charge in [-0.3, -0.25) is 9.69 Å². The SMILES string of the molecule is O=C(O)[C@@H]1C[C@@H]2CCCC[C@@H]2N1Cc1ccc(Br)s1. The summed E-state index contributed by atoms with van der Waals surface area (Å²) in [5.74, 6) is -0.0525. The second-order valence-corrected chi connectivity index (χ2v) is 8.13. The van der Waals surface area contributed by atoms with Crippen molar-refractivity contribution in [1.82, 2.24) is 4.90 Å².